The summed E-state index contributed by atoms with van der Waals surface area (Å²) < 4.78 is 7.32. The zero-order valence-electron chi connectivity index (χ0n) is 11.2. The Balaban J connectivity index is 1.68. The lowest BCUT2D eigenvalue weighted by molar-refractivity contribution is 0.503. The summed E-state index contributed by atoms with van der Waals surface area (Å²) in [7, 11) is 0. The standard InChI is InChI=1S/C15H11N5O/c16-8-12-13(9-17)20(10-18-12)7-3-6-15-19-11-4-1-2-5-14(11)21-15/h1-2,4-5,10H,3,6-7H2. The van der Waals surface area contributed by atoms with Crippen molar-refractivity contribution in [1.82, 2.24) is 14.5 Å². The first-order chi connectivity index (χ1) is 10.3. The molecule has 1 aromatic carbocycles. The zero-order chi connectivity index (χ0) is 14.7. The Bertz CT molecular complexity index is 829. The van der Waals surface area contributed by atoms with Crippen LogP contribution in [-0.2, 0) is 13.0 Å². The molecule has 0 radical (unpaired) electrons. The van der Waals surface area contributed by atoms with Gasteiger partial charge in [0.25, 0.3) is 0 Å². The minimum Gasteiger partial charge on any atom is -0.441 e. The van der Waals surface area contributed by atoms with Crippen LogP contribution in [0.1, 0.15) is 23.7 Å². The molecular weight excluding hydrogens is 266 g/mol. The summed E-state index contributed by atoms with van der Waals surface area (Å²) in [6.07, 6.45) is 2.94. The van der Waals surface area contributed by atoms with Crippen molar-refractivity contribution in [3.05, 3.63) is 47.9 Å². The number of rotatable bonds is 4. The van der Waals surface area contributed by atoms with E-state index >= 15 is 0 Å². The van der Waals surface area contributed by atoms with E-state index in [1.165, 1.54) is 6.33 Å². The highest BCUT2D eigenvalue weighted by Gasteiger charge is 2.10. The van der Waals surface area contributed by atoms with Gasteiger partial charge in [-0.3, -0.25) is 0 Å². The first-order valence-electron chi connectivity index (χ1n) is 6.51. The maximum Gasteiger partial charge on any atom is 0.195 e. The fraction of sp³-hybridized carbons (Fsp3) is 0.200. The van der Waals surface area contributed by atoms with Crippen LogP contribution in [0.15, 0.2) is 35.0 Å². The van der Waals surface area contributed by atoms with E-state index in [4.69, 9.17) is 14.9 Å². The maximum absolute atomic E-state index is 9.04. The van der Waals surface area contributed by atoms with Crippen molar-refractivity contribution in [2.75, 3.05) is 0 Å². The second kappa shape index (κ2) is 5.48. The molecule has 0 aliphatic heterocycles. The fourth-order valence-corrected chi connectivity index (χ4v) is 2.18. The van der Waals surface area contributed by atoms with Gasteiger partial charge in [0.15, 0.2) is 22.9 Å². The minimum atomic E-state index is 0.166. The summed E-state index contributed by atoms with van der Waals surface area (Å²) in [5.74, 6) is 0.676. The van der Waals surface area contributed by atoms with Crippen LogP contribution in [-0.4, -0.2) is 14.5 Å². The number of hydrogen-bond donors (Lipinski definition) is 0. The third kappa shape index (κ3) is 2.47. The van der Waals surface area contributed by atoms with E-state index in [0.29, 0.717) is 24.6 Å². The molecule has 21 heavy (non-hydrogen) atoms. The number of imidazole rings is 1. The molecule has 6 nitrogen and oxygen atoms in total. The van der Waals surface area contributed by atoms with Crippen molar-refractivity contribution in [3.63, 3.8) is 0 Å². The topological polar surface area (TPSA) is 91.4 Å². The number of nitriles is 2. The van der Waals surface area contributed by atoms with Crippen molar-refractivity contribution in [2.45, 2.75) is 19.4 Å². The molecule has 0 saturated heterocycles. The van der Waals surface area contributed by atoms with E-state index in [1.54, 1.807) is 4.57 Å². The van der Waals surface area contributed by atoms with E-state index < -0.39 is 0 Å². The Labute approximate surface area is 120 Å². The predicted molar refractivity (Wildman–Crippen MR) is 74.0 cm³/mol. The van der Waals surface area contributed by atoms with E-state index in [1.807, 2.05) is 36.4 Å². The smallest absolute Gasteiger partial charge is 0.195 e. The largest absolute Gasteiger partial charge is 0.441 e. The second-order valence-electron chi connectivity index (χ2n) is 4.54. The molecule has 0 spiro atoms. The highest BCUT2D eigenvalue weighted by molar-refractivity contribution is 5.72. The number of hydrogen-bond acceptors (Lipinski definition) is 5. The van der Waals surface area contributed by atoms with Crippen LogP contribution in [0.4, 0.5) is 0 Å². The van der Waals surface area contributed by atoms with Crippen LogP contribution < -0.4 is 0 Å². The molecule has 3 rings (SSSR count). The number of fused-ring (bicyclic) bond motifs is 1. The number of aromatic nitrogens is 3. The predicted octanol–water partition coefficient (Wildman–Crippen LogP) is 2.40. The van der Waals surface area contributed by atoms with Crippen LogP contribution >= 0.6 is 0 Å². The first-order valence-corrected chi connectivity index (χ1v) is 6.51. The van der Waals surface area contributed by atoms with Crippen LogP contribution in [0.5, 0.6) is 0 Å². The Hall–Kier alpha value is -3.12. The third-order valence-corrected chi connectivity index (χ3v) is 3.18. The van der Waals surface area contributed by atoms with Crippen molar-refractivity contribution in [2.24, 2.45) is 0 Å². The van der Waals surface area contributed by atoms with Crippen LogP contribution in [0.3, 0.4) is 0 Å². The number of benzene rings is 1. The van der Waals surface area contributed by atoms with E-state index in [9.17, 15) is 0 Å². The molecule has 0 aliphatic carbocycles. The highest BCUT2D eigenvalue weighted by Crippen LogP contribution is 2.16. The SMILES string of the molecule is N#Cc1ncn(CCCc2nc3ccccc3o2)c1C#N. The van der Waals surface area contributed by atoms with Gasteiger partial charge in [0.2, 0.25) is 0 Å². The van der Waals surface area contributed by atoms with Gasteiger partial charge in [-0.25, -0.2) is 9.97 Å². The van der Waals surface area contributed by atoms with Crippen molar-refractivity contribution in [1.29, 1.82) is 10.5 Å². The Morgan fingerprint density at radius 3 is 2.81 bits per heavy atom. The molecule has 0 unspecified atom stereocenters. The van der Waals surface area contributed by atoms with Crippen molar-refractivity contribution in [3.8, 4) is 12.1 Å². The maximum atomic E-state index is 9.04. The summed E-state index contributed by atoms with van der Waals surface area (Å²) in [6.45, 7) is 0.594. The Kier molecular flexibility index (Phi) is 3.36. The Morgan fingerprint density at radius 1 is 1.19 bits per heavy atom. The molecule has 3 aromatic rings. The van der Waals surface area contributed by atoms with E-state index in [2.05, 4.69) is 9.97 Å². The molecule has 0 amide bonds. The van der Waals surface area contributed by atoms with Gasteiger partial charge in [-0.15, -0.1) is 0 Å². The van der Waals surface area contributed by atoms with Gasteiger partial charge in [0.05, 0.1) is 6.33 Å². The number of nitrogens with zero attached hydrogens (tertiary/aromatic N) is 5. The zero-order valence-corrected chi connectivity index (χ0v) is 11.2. The summed E-state index contributed by atoms with van der Waals surface area (Å²) >= 11 is 0. The minimum absolute atomic E-state index is 0.166. The lowest BCUT2D eigenvalue weighted by Gasteiger charge is -2.01. The average molecular weight is 277 g/mol. The summed E-state index contributed by atoms with van der Waals surface area (Å²) in [5, 5.41) is 17.9. The van der Waals surface area contributed by atoms with Crippen LogP contribution in [0, 0.1) is 22.7 Å². The van der Waals surface area contributed by atoms with Gasteiger partial charge < -0.3 is 8.98 Å². The number of para-hydroxylation sites is 2. The van der Waals surface area contributed by atoms with Gasteiger partial charge >= 0.3 is 0 Å². The molecule has 2 aromatic heterocycles. The molecule has 6 heteroatoms. The molecule has 0 saturated carbocycles. The van der Waals surface area contributed by atoms with Crippen LogP contribution in [0.2, 0.25) is 0 Å². The van der Waals surface area contributed by atoms with Gasteiger partial charge in [0.1, 0.15) is 17.7 Å². The molecular formula is C15H11N5O. The van der Waals surface area contributed by atoms with Crippen LogP contribution in [0.25, 0.3) is 11.1 Å². The molecule has 102 valence electrons. The molecule has 2 heterocycles. The fourth-order valence-electron chi connectivity index (χ4n) is 2.18. The van der Waals surface area contributed by atoms with Crippen molar-refractivity contribution < 1.29 is 4.42 Å². The highest BCUT2D eigenvalue weighted by atomic mass is 16.3. The second-order valence-corrected chi connectivity index (χ2v) is 4.54. The van der Waals surface area contributed by atoms with E-state index in [-0.39, 0.29) is 5.69 Å². The quantitative estimate of drug-likeness (QED) is 0.730. The molecule has 0 aliphatic rings. The lowest BCUT2D eigenvalue weighted by Crippen LogP contribution is -2.01. The van der Waals surface area contributed by atoms with Crippen molar-refractivity contribution >= 4 is 11.1 Å². The monoisotopic (exact) mass is 277 g/mol. The third-order valence-electron chi connectivity index (χ3n) is 3.18. The number of oxazole rings is 1. The lowest BCUT2D eigenvalue weighted by atomic mass is 10.3. The number of aryl methyl sites for hydroxylation is 2. The van der Waals surface area contributed by atoms with Gasteiger partial charge in [-0.05, 0) is 18.6 Å². The molecule has 0 atom stereocenters. The van der Waals surface area contributed by atoms with Gasteiger partial charge in [-0.1, -0.05) is 12.1 Å². The molecule has 0 N–H and O–H groups in total. The summed E-state index contributed by atoms with van der Waals surface area (Å²) in [6, 6.07) is 11.5. The van der Waals surface area contributed by atoms with Gasteiger partial charge in [-0.2, -0.15) is 10.5 Å². The summed E-state index contributed by atoms with van der Waals surface area (Å²) in [5.41, 5.74) is 2.09. The van der Waals surface area contributed by atoms with E-state index in [0.717, 1.165) is 17.5 Å². The molecule has 0 fully saturated rings. The molecule has 0 bridgehead atoms. The summed E-state index contributed by atoms with van der Waals surface area (Å²) in [4.78, 5) is 8.31. The Morgan fingerprint density at radius 2 is 2.05 bits per heavy atom. The van der Waals surface area contributed by atoms with Gasteiger partial charge in [0, 0.05) is 13.0 Å². The normalized spacial score (nSPS) is 10.4. The first kappa shape index (κ1) is 12.9. The average Bonchev–Trinajstić information content (AvgIpc) is 3.09.